The van der Waals surface area contributed by atoms with E-state index in [1.54, 1.807) is 12.1 Å². The molecule has 1 spiro atoms. The van der Waals surface area contributed by atoms with Crippen molar-refractivity contribution in [2.45, 2.75) is 43.2 Å². The Kier molecular flexibility index (Phi) is 3.60. The zero-order valence-electron chi connectivity index (χ0n) is 11.5. The largest absolute Gasteiger partial charge is 0.395 e. The highest BCUT2D eigenvalue weighted by Crippen LogP contribution is 2.60. The topological polar surface area (TPSA) is 66.4 Å². The van der Waals surface area contributed by atoms with E-state index in [1.807, 2.05) is 12.1 Å². The number of rotatable bonds is 6. The van der Waals surface area contributed by atoms with Gasteiger partial charge in [0.25, 0.3) is 0 Å². The fourth-order valence-electron chi connectivity index (χ4n) is 3.03. The second-order valence-electron chi connectivity index (χ2n) is 6.17. The molecular weight excluding hydrogens is 274 g/mol. The van der Waals surface area contributed by atoms with Gasteiger partial charge in [-0.2, -0.15) is 0 Å². The smallest absolute Gasteiger partial charge is 0.180 e. The molecule has 0 aliphatic heterocycles. The fourth-order valence-corrected chi connectivity index (χ4v) is 4.06. The van der Waals surface area contributed by atoms with Crippen LogP contribution in [0.15, 0.2) is 29.2 Å². The molecule has 2 aliphatic carbocycles. The molecule has 0 amide bonds. The van der Waals surface area contributed by atoms with E-state index in [4.69, 9.17) is 5.11 Å². The first kappa shape index (κ1) is 14.0. The Morgan fingerprint density at radius 1 is 1.20 bits per heavy atom. The van der Waals surface area contributed by atoms with Crippen LogP contribution in [-0.4, -0.2) is 31.9 Å². The summed E-state index contributed by atoms with van der Waals surface area (Å²) in [6, 6.07) is 7.59. The van der Waals surface area contributed by atoms with Crippen molar-refractivity contribution in [2.24, 2.45) is 5.41 Å². The van der Waals surface area contributed by atoms with E-state index in [9.17, 15) is 8.42 Å². The first-order valence-electron chi connectivity index (χ1n) is 7.19. The van der Waals surface area contributed by atoms with Gasteiger partial charge < -0.3 is 10.4 Å². The number of aliphatic hydroxyl groups is 1. The Hall–Kier alpha value is -0.910. The Labute approximate surface area is 120 Å². The lowest BCUT2D eigenvalue weighted by Crippen LogP contribution is -2.41. The summed E-state index contributed by atoms with van der Waals surface area (Å²) < 4.78 is 23.5. The number of sulfone groups is 1. The van der Waals surface area contributed by atoms with Crippen molar-refractivity contribution >= 4 is 9.84 Å². The SMILES string of the molecule is O=S(=O)(CCO)c1ccc(CNC2CC3(CC3)C2)cc1. The molecule has 2 fully saturated rings. The monoisotopic (exact) mass is 295 g/mol. The van der Waals surface area contributed by atoms with Gasteiger partial charge in [-0.1, -0.05) is 12.1 Å². The van der Waals surface area contributed by atoms with Crippen molar-refractivity contribution in [3.8, 4) is 0 Å². The van der Waals surface area contributed by atoms with Crippen molar-refractivity contribution in [3.63, 3.8) is 0 Å². The molecule has 2 aliphatic rings. The van der Waals surface area contributed by atoms with Gasteiger partial charge in [-0.15, -0.1) is 0 Å². The second-order valence-corrected chi connectivity index (χ2v) is 8.28. The van der Waals surface area contributed by atoms with Gasteiger partial charge in [-0.3, -0.25) is 0 Å². The Morgan fingerprint density at radius 2 is 1.85 bits per heavy atom. The van der Waals surface area contributed by atoms with E-state index in [0.717, 1.165) is 12.1 Å². The van der Waals surface area contributed by atoms with E-state index in [-0.39, 0.29) is 17.3 Å². The van der Waals surface area contributed by atoms with E-state index < -0.39 is 9.84 Å². The average Bonchev–Trinajstić information content (AvgIpc) is 3.16. The number of aliphatic hydroxyl groups excluding tert-OH is 1. The van der Waals surface area contributed by atoms with Crippen LogP contribution in [0, 0.1) is 5.41 Å². The van der Waals surface area contributed by atoms with E-state index in [1.165, 1.54) is 25.7 Å². The molecule has 5 heteroatoms. The van der Waals surface area contributed by atoms with Crippen LogP contribution >= 0.6 is 0 Å². The molecule has 3 rings (SSSR count). The van der Waals surface area contributed by atoms with Gasteiger partial charge in [0.2, 0.25) is 0 Å². The molecule has 0 bridgehead atoms. The van der Waals surface area contributed by atoms with E-state index >= 15 is 0 Å². The third-order valence-electron chi connectivity index (χ3n) is 4.55. The van der Waals surface area contributed by atoms with Gasteiger partial charge in [0.15, 0.2) is 9.84 Å². The van der Waals surface area contributed by atoms with E-state index in [2.05, 4.69) is 5.32 Å². The highest BCUT2D eigenvalue weighted by molar-refractivity contribution is 7.91. The number of hydrogen-bond acceptors (Lipinski definition) is 4. The standard InChI is InChI=1S/C15H21NO3S/c17-7-8-20(18,19)14-3-1-12(2-4-14)11-16-13-9-15(10-13)5-6-15/h1-4,13,16-17H,5-11H2. The molecule has 1 aromatic carbocycles. The lowest BCUT2D eigenvalue weighted by Gasteiger charge is -2.36. The minimum absolute atomic E-state index is 0.214. The summed E-state index contributed by atoms with van der Waals surface area (Å²) in [5, 5.41) is 12.3. The second kappa shape index (κ2) is 5.13. The van der Waals surface area contributed by atoms with Crippen molar-refractivity contribution in [2.75, 3.05) is 12.4 Å². The van der Waals surface area contributed by atoms with Gasteiger partial charge in [0, 0.05) is 12.6 Å². The lowest BCUT2D eigenvalue weighted by molar-refractivity contribution is 0.198. The van der Waals surface area contributed by atoms with E-state index in [0.29, 0.717) is 11.5 Å². The zero-order chi connectivity index (χ0) is 14.2. The summed E-state index contributed by atoms with van der Waals surface area (Å²) in [7, 11) is -3.33. The number of nitrogens with one attached hydrogen (secondary N) is 1. The zero-order valence-corrected chi connectivity index (χ0v) is 12.3. The summed E-state index contributed by atoms with van der Waals surface area (Å²) in [5.41, 5.74) is 1.81. The quantitative estimate of drug-likeness (QED) is 0.834. The van der Waals surface area contributed by atoms with Gasteiger partial charge in [-0.05, 0) is 48.8 Å². The molecule has 0 radical (unpaired) electrons. The van der Waals surface area contributed by atoms with Crippen molar-refractivity contribution in [1.82, 2.24) is 5.32 Å². The van der Waals surface area contributed by atoms with Crippen LogP contribution in [-0.2, 0) is 16.4 Å². The molecule has 4 nitrogen and oxygen atoms in total. The van der Waals surface area contributed by atoms with Gasteiger partial charge >= 0.3 is 0 Å². The highest BCUT2D eigenvalue weighted by Gasteiger charge is 2.52. The van der Waals surface area contributed by atoms with Crippen LogP contribution in [0.1, 0.15) is 31.2 Å². The fraction of sp³-hybridized carbons (Fsp3) is 0.600. The summed E-state index contributed by atoms with van der Waals surface area (Å²) in [4.78, 5) is 0.288. The minimum Gasteiger partial charge on any atom is -0.395 e. The van der Waals surface area contributed by atoms with Crippen LogP contribution in [0.2, 0.25) is 0 Å². The maximum Gasteiger partial charge on any atom is 0.180 e. The van der Waals surface area contributed by atoms with Crippen molar-refractivity contribution in [3.05, 3.63) is 29.8 Å². The maximum atomic E-state index is 11.8. The minimum atomic E-state index is -3.33. The van der Waals surface area contributed by atoms with Crippen molar-refractivity contribution in [1.29, 1.82) is 0 Å². The normalized spacial score (nSPS) is 20.9. The molecule has 0 aromatic heterocycles. The van der Waals surface area contributed by atoms with Gasteiger partial charge in [0.1, 0.15) is 0 Å². The van der Waals surface area contributed by atoms with Gasteiger partial charge in [0.05, 0.1) is 17.3 Å². The summed E-state index contributed by atoms with van der Waals surface area (Å²) in [6.07, 6.45) is 5.41. The Balaban J connectivity index is 1.53. The molecule has 2 N–H and O–H groups in total. The van der Waals surface area contributed by atoms with Gasteiger partial charge in [-0.25, -0.2) is 8.42 Å². The predicted molar refractivity (Wildman–Crippen MR) is 77.1 cm³/mol. The van der Waals surface area contributed by atoms with Crippen LogP contribution in [0.5, 0.6) is 0 Å². The third-order valence-corrected chi connectivity index (χ3v) is 6.26. The molecule has 0 saturated heterocycles. The van der Waals surface area contributed by atoms with Crippen LogP contribution in [0.4, 0.5) is 0 Å². The van der Waals surface area contributed by atoms with Crippen LogP contribution in [0.25, 0.3) is 0 Å². The average molecular weight is 295 g/mol. The molecule has 0 heterocycles. The highest BCUT2D eigenvalue weighted by atomic mass is 32.2. The molecule has 20 heavy (non-hydrogen) atoms. The molecule has 1 aromatic rings. The number of benzene rings is 1. The Bertz CT molecular complexity index is 568. The molecule has 110 valence electrons. The van der Waals surface area contributed by atoms with Crippen molar-refractivity contribution < 1.29 is 13.5 Å². The lowest BCUT2D eigenvalue weighted by atomic mass is 9.77. The van der Waals surface area contributed by atoms with Crippen LogP contribution in [0.3, 0.4) is 0 Å². The van der Waals surface area contributed by atoms with Crippen LogP contribution < -0.4 is 5.32 Å². The molecule has 0 unspecified atom stereocenters. The maximum absolute atomic E-state index is 11.8. The molecular formula is C15H21NO3S. The predicted octanol–water partition coefficient (Wildman–Crippen LogP) is 1.48. The third kappa shape index (κ3) is 2.90. The molecule has 0 atom stereocenters. The summed E-state index contributed by atoms with van der Waals surface area (Å²) >= 11 is 0. The summed E-state index contributed by atoms with van der Waals surface area (Å²) in [5.74, 6) is -0.214. The first-order valence-corrected chi connectivity index (χ1v) is 8.84. The summed E-state index contributed by atoms with van der Waals surface area (Å²) in [6.45, 7) is 0.455. The number of hydrogen-bond donors (Lipinski definition) is 2. The first-order chi connectivity index (χ1) is 9.53. The molecule has 2 saturated carbocycles. The Morgan fingerprint density at radius 3 is 2.40 bits per heavy atom.